The molecule has 21 heavy (non-hydrogen) atoms. The number of esters is 1. The lowest BCUT2D eigenvalue weighted by atomic mass is 9.98. The smallest absolute Gasteiger partial charge is 0.342 e. The van der Waals surface area contributed by atoms with Crippen LogP contribution in [0.25, 0.3) is 0 Å². The number of carbonyl (C=O) groups is 2. The Hall–Kier alpha value is -2.04. The Bertz CT molecular complexity index is 550. The zero-order chi connectivity index (χ0) is 15.4. The van der Waals surface area contributed by atoms with E-state index in [1.165, 1.54) is 6.07 Å². The van der Waals surface area contributed by atoms with Crippen molar-refractivity contribution in [1.29, 1.82) is 0 Å². The lowest BCUT2D eigenvalue weighted by Gasteiger charge is -2.17. The van der Waals surface area contributed by atoms with Crippen LogP contribution in [0.1, 0.15) is 54.9 Å². The van der Waals surface area contributed by atoms with Crippen LogP contribution in [-0.4, -0.2) is 28.1 Å². The molecule has 0 fully saturated rings. The first-order valence-corrected chi connectivity index (χ1v) is 7.25. The minimum atomic E-state index is -0.582. The van der Waals surface area contributed by atoms with Gasteiger partial charge in [0.05, 0.1) is 6.10 Å². The molecule has 0 aliphatic carbocycles. The highest BCUT2D eigenvalue weighted by Crippen LogP contribution is 2.30. The Labute approximate surface area is 123 Å². The third kappa shape index (κ3) is 3.97. The monoisotopic (exact) mass is 292 g/mol. The molecule has 1 heterocycles. The highest BCUT2D eigenvalue weighted by atomic mass is 16.5. The second-order valence-corrected chi connectivity index (χ2v) is 5.50. The normalized spacial score (nSPS) is 20.9. The topological polar surface area (TPSA) is 83.8 Å². The first-order chi connectivity index (χ1) is 9.97. The number of phenolic OH excluding ortho intramolecular Hbond substituents is 2. The van der Waals surface area contributed by atoms with Crippen LogP contribution in [0, 0.1) is 0 Å². The van der Waals surface area contributed by atoms with E-state index in [0.29, 0.717) is 44.1 Å². The number of fused-ring (bicyclic) bond motifs is 1. The van der Waals surface area contributed by atoms with Crippen LogP contribution in [0.4, 0.5) is 0 Å². The van der Waals surface area contributed by atoms with Gasteiger partial charge in [-0.25, -0.2) is 4.79 Å². The molecule has 1 aromatic carbocycles. The van der Waals surface area contributed by atoms with Crippen molar-refractivity contribution < 1.29 is 24.5 Å². The first-order valence-electron chi connectivity index (χ1n) is 7.25. The van der Waals surface area contributed by atoms with E-state index in [1.54, 1.807) is 6.92 Å². The third-order valence-corrected chi connectivity index (χ3v) is 3.66. The van der Waals surface area contributed by atoms with Gasteiger partial charge in [-0.15, -0.1) is 0 Å². The van der Waals surface area contributed by atoms with Gasteiger partial charge in [0.2, 0.25) is 0 Å². The number of Topliss-reactive ketones (excluding diaryl/α,β-unsaturated/α-hetero) is 1. The predicted octanol–water partition coefficient (Wildman–Crippen LogP) is 2.72. The lowest BCUT2D eigenvalue weighted by molar-refractivity contribution is -0.119. The second-order valence-electron chi connectivity index (χ2n) is 5.50. The molecule has 1 unspecified atom stereocenters. The summed E-state index contributed by atoms with van der Waals surface area (Å²) in [6.07, 6.45) is 2.96. The van der Waals surface area contributed by atoms with Gasteiger partial charge in [-0.1, -0.05) is 0 Å². The summed E-state index contributed by atoms with van der Waals surface area (Å²) in [6.45, 7) is 1.77. The molecule has 2 N–H and O–H groups in total. The van der Waals surface area contributed by atoms with Crippen molar-refractivity contribution in [2.45, 2.75) is 51.6 Å². The summed E-state index contributed by atoms with van der Waals surface area (Å²) >= 11 is 0. The Morgan fingerprint density at radius 3 is 2.57 bits per heavy atom. The van der Waals surface area contributed by atoms with E-state index in [2.05, 4.69) is 0 Å². The molecule has 1 aliphatic rings. The number of aryl methyl sites for hydroxylation is 1. The highest BCUT2D eigenvalue weighted by molar-refractivity contribution is 5.94. The lowest BCUT2D eigenvalue weighted by Crippen LogP contribution is -2.18. The number of carbonyl (C=O) groups excluding carboxylic acids is 2. The predicted molar refractivity (Wildman–Crippen MR) is 76.4 cm³/mol. The van der Waals surface area contributed by atoms with Gasteiger partial charge in [-0.3, -0.25) is 4.79 Å². The maximum absolute atomic E-state index is 12.2. The van der Waals surface area contributed by atoms with Gasteiger partial charge in [0.15, 0.2) is 0 Å². The minimum Gasteiger partial charge on any atom is -0.508 e. The quantitative estimate of drug-likeness (QED) is 0.718. The Kier molecular flexibility index (Phi) is 4.83. The van der Waals surface area contributed by atoms with Crippen molar-refractivity contribution in [2.24, 2.45) is 0 Å². The Balaban J connectivity index is 2.33. The van der Waals surface area contributed by atoms with E-state index in [0.717, 1.165) is 6.07 Å². The van der Waals surface area contributed by atoms with Gasteiger partial charge in [0.1, 0.15) is 22.8 Å². The summed E-state index contributed by atoms with van der Waals surface area (Å²) in [5, 5.41) is 19.5. The van der Waals surface area contributed by atoms with E-state index in [1.807, 2.05) is 0 Å². The van der Waals surface area contributed by atoms with Crippen molar-refractivity contribution in [1.82, 2.24) is 0 Å². The molecule has 0 spiro atoms. The van der Waals surface area contributed by atoms with Gasteiger partial charge in [-0.2, -0.15) is 0 Å². The van der Waals surface area contributed by atoms with E-state index >= 15 is 0 Å². The van der Waals surface area contributed by atoms with E-state index in [9.17, 15) is 19.8 Å². The third-order valence-electron chi connectivity index (χ3n) is 3.66. The Morgan fingerprint density at radius 1 is 1.10 bits per heavy atom. The molecular weight excluding hydrogens is 272 g/mol. The largest absolute Gasteiger partial charge is 0.508 e. The average molecular weight is 292 g/mol. The van der Waals surface area contributed by atoms with Gasteiger partial charge < -0.3 is 14.9 Å². The number of rotatable bonds is 0. The number of aromatic hydroxyl groups is 2. The summed E-state index contributed by atoms with van der Waals surface area (Å²) in [4.78, 5) is 23.9. The van der Waals surface area contributed by atoms with Crippen molar-refractivity contribution in [2.75, 3.05) is 0 Å². The maximum Gasteiger partial charge on any atom is 0.342 e. The van der Waals surface area contributed by atoms with Crippen molar-refractivity contribution in [3.63, 3.8) is 0 Å². The molecule has 2 rings (SSSR count). The van der Waals surface area contributed by atoms with Gasteiger partial charge in [-0.05, 0) is 44.2 Å². The fourth-order valence-electron chi connectivity index (χ4n) is 2.59. The number of benzene rings is 1. The van der Waals surface area contributed by atoms with Crippen LogP contribution in [0.3, 0.4) is 0 Å². The number of ether oxygens (including phenoxy) is 1. The molecule has 0 saturated carbocycles. The van der Waals surface area contributed by atoms with Crippen molar-refractivity contribution >= 4 is 11.8 Å². The van der Waals surface area contributed by atoms with Crippen molar-refractivity contribution in [3.05, 3.63) is 23.3 Å². The fraction of sp³-hybridized carbons (Fsp3) is 0.500. The number of cyclic esters (lactones) is 1. The molecule has 0 aromatic heterocycles. The molecular formula is C16H20O5. The zero-order valence-electron chi connectivity index (χ0n) is 12.1. The summed E-state index contributed by atoms with van der Waals surface area (Å²) in [5.74, 6) is -0.780. The van der Waals surface area contributed by atoms with E-state index in [4.69, 9.17) is 4.74 Å². The number of ketones is 1. The summed E-state index contributed by atoms with van der Waals surface area (Å²) < 4.78 is 5.31. The molecule has 114 valence electrons. The summed E-state index contributed by atoms with van der Waals surface area (Å²) in [7, 11) is 0. The molecule has 1 aromatic rings. The van der Waals surface area contributed by atoms with Crippen LogP contribution in [0.2, 0.25) is 0 Å². The summed E-state index contributed by atoms with van der Waals surface area (Å²) in [6, 6.07) is 2.57. The average Bonchev–Trinajstić information content (AvgIpc) is 2.36. The van der Waals surface area contributed by atoms with Crippen LogP contribution in [0.5, 0.6) is 11.5 Å². The molecule has 0 radical (unpaired) electrons. The van der Waals surface area contributed by atoms with E-state index < -0.39 is 5.97 Å². The molecule has 1 atom stereocenters. The number of hydrogen-bond acceptors (Lipinski definition) is 5. The standard InChI is InChI=1S/C16H20O5/c1-10-4-2-6-12(17)7-3-5-11-8-13(18)9-14(19)15(11)16(20)21-10/h8-10,18-19H,2-7H2,1H3. The first kappa shape index (κ1) is 15.4. The van der Waals surface area contributed by atoms with Gasteiger partial charge >= 0.3 is 5.97 Å². The molecule has 0 amide bonds. The number of hydrogen-bond donors (Lipinski definition) is 2. The number of phenols is 2. The van der Waals surface area contributed by atoms with Gasteiger partial charge in [0, 0.05) is 18.9 Å². The fourth-order valence-corrected chi connectivity index (χ4v) is 2.59. The molecule has 5 heteroatoms. The van der Waals surface area contributed by atoms with Crippen LogP contribution >= 0.6 is 0 Å². The summed E-state index contributed by atoms with van der Waals surface area (Å²) in [5.41, 5.74) is 0.603. The molecule has 0 saturated heterocycles. The molecule has 0 bridgehead atoms. The van der Waals surface area contributed by atoms with Crippen LogP contribution < -0.4 is 0 Å². The van der Waals surface area contributed by atoms with Gasteiger partial charge in [0.25, 0.3) is 0 Å². The van der Waals surface area contributed by atoms with E-state index in [-0.39, 0.29) is 28.9 Å². The van der Waals surface area contributed by atoms with Crippen LogP contribution in [0.15, 0.2) is 12.1 Å². The van der Waals surface area contributed by atoms with Crippen molar-refractivity contribution in [3.8, 4) is 11.5 Å². The van der Waals surface area contributed by atoms with Crippen LogP contribution in [-0.2, 0) is 16.0 Å². The minimum absolute atomic E-state index is 0.0904. The Morgan fingerprint density at radius 2 is 1.81 bits per heavy atom. The molecule has 1 aliphatic heterocycles. The molecule has 5 nitrogen and oxygen atoms in total. The zero-order valence-corrected chi connectivity index (χ0v) is 12.1. The highest BCUT2D eigenvalue weighted by Gasteiger charge is 2.22. The SMILES string of the molecule is CC1CCCC(=O)CCCc2cc(O)cc(O)c2C(=O)O1. The second kappa shape index (κ2) is 6.61. The maximum atomic E-state index is 12.2.